The summed E-state index contributed by atoms with van der Waals surface area (Å²) >= 11 is 6.83. The molecule has 0 aliphatic carbocycles. The highest BCUT2D eigenvalue weighted by molar-refractivity contribution is 6.34. The van der Waals surface area contributed by atoms with E-state index in [-0.39, 0.29) is 29.0 Å². The molecule has 0 atom stereocenters. The van der Waals surface area contributed by atoms with Gasteiger partial charge >= 0.3 is 0 Å². The van der Waals surface area contributed by atoms with Crippen molar-refractivity contribution in [3.63, 3.8) is 0 Å². The van der Waals surface area contributed by atoms with E-state index in [2.05, 4.69) is 11.9 Å². The fraction of sp³-hybridized carbons (Fsp3) is 0.276. The van der Waals surface area contributed by atoms with E-state index in [1.165, 1.54) is 6.08 Å². The normalized spacial score (nSPS) is 13.7. The highest BCUT2D eigenvalue weighted by Gasteiger charge is 2.30. The van der Waals surface area contributed by atoms with E-state index >= 15 is 0 Å². The first-order chi connectivity index (χ1) is 18.2. The highest BCUT2D eigenvalue weighted by Crippen LogP contribution is 2.38. The fourth-order valence-corrected chi connectivity index (χ4v) is 5.19. The van der Waals surface area contributed by atoms with E-state index in [0.29, 0.717) is 42.2 Å². The van der Waals surface area contributed by atoms with Crippen molar-refractivity contribution < 1.29 is 9.90 Å². The Bertz CT molecular complexity index is 1610. The SMILES string of the molecule is C=CC(=O)N1CC(Cn2c(=O)c(NCCN(C)C)nc3cc(-c4cc(O)cc5ccccc45)c(Cl)cc32)C1. The number of fused-ring (bicyclic) bond motifs is 2. The third kappa shape index (κ3) is 4.97. The van der Waals surface area contributed by atoms with Crippen molar-refractivity contribution in [1.82, 2.24) is 19.4 Å². The van der Waals surface area contributed by atoms with Crippen LogP contribution in [-0.2, 0) is 11.3 Å². The number of hydrogen-bond acceptors (Lipinski definition) is 6. The number of likely N-dealkylation sites (tertiary alicyclic amines) is 1. The molecule has 2 N–H and O–H groups in total. The van der Waals surface area contributed by atoms with Gasteiger partial charge in [0.05, 0.1) is 16.1 Å². The maximum atomic E-state index is 13.5. The Morgan fingerprint density at radius 1 is 1.21 bits per heavy atom. The lowest BCUT2D eigenvalue weighted by Crippen LogP contribution is -2.51. The van der Waals surface area contributed by atoms with Gasteiger partial charge in [-0.1, -0.05) is 42.4 Å². The number of likely N-dealkylation sites (N-methyl/N-ethyl adjacent to an activating group) is 1. The van der Waals surface area contributed by atoms with E-state index in [1.54, 1.807) is 27.7 Å². The topological polar surface area (TPSA) is 90.7 Å². The first-order valence-electron chi connectivity index (χ1n) is 12.5. The molecule has 4 aromatic rings. The number of rotatable bonds is 8. The van der Waals surface area contributed by atoms with Gasteiger partial charge in [0.15, 0.2) is 5.82 Å². The molecule has 2 heterocycles. The highest BCUT2D eigenvalue weighted by atomic mass is 35.5. The quantitative estimate of drug-likeness (QED) is 0.331. The molecule has 0 spiro atoms. The number of phenolic OH excluding ortho intramolecular Hbond substituents is 1. The Hall–Kier alpha value is -3.88. The van der Waals surface area contributed by atoms with Crippen molar-refractivity contribution in [2.75, 3.05) is 45.6 Å². The molecule has 0 radical (unpaired) electrons. The average Bonchev–Trinajstić information content (AvgIpc) is 2.86. The number of nitrogens with one attached hydrogen (secondary N) is 1. The molecule has 1 saturated heterocycles. The van der Waals surface area contributed by atoms with Crippen LogP contribution in [-0.4, -0.2) is 70.6 Å². The van der Waals surface area contributed by atoms with Crippen LogP contribution in [0.2, 0.25) is 5.02 Å². The number of carbonyl (C=O) groups excluding carboxylic acids is 1. The molecule has 1 aliphatic rings. The molecule has 0 unspecified atom stereocenters. The standard InChI is InChI=1S/C29H30ClN5O3/c1-4-27(37)34-15-18(16-34)17-35-26-14-24(30)23(22-12-20(36)11-19-7-5-6-8-21(19)22)13-25(26)32-28(29(35)38)31-9-10-33(2)3/h4-8,11-14,18,36H,1,9-10,15-17H2,2-3H3,(H,31,32). The van der Waals surface area contributed by atoms with E-state index in [9.17, 15) is 14.7 Å². The smallest absolute Gasteiger partial charge is 0.293 e. The van der Waals surface area contributed by atoms with Crippen LogP contribution in [0, 0.1) is 5.92 Å². The molecule has 196 valence electrons. The Morgan fingerprint density at radius 3 is 2.71 bits per heavy atom. The summed E-state index contributed by atoms with van der Waals surface area (Å²) in [5.74, 6) is 0.435. The van der Waals surface area contributed by atoms with Gasteiger partial charge in [0.2, 0.25) is 5.91 Å². The van der Waals surface area contributed by atoms with Gasteiger partial charge in [0, 0.05) is 44.2 Å². The average molecular weight is 532 g/mol. The van der Waals surface area contributed by atoms with E-state index < -0.39 is 0 Å². The zero-order valence-corrected chi connectivity index (χ0v) is 22.2. The van der Waals surface area contributed by atoms with Gasteiger partial charge in [-0.15, -0.1) is 0 Å². The van der Waals surface area contributed by atoms with Crippen molar-refractivity contribution in [3.05, 3.63) is 76.6 Å². The molecule has 8 nitrogen and oxygen atoms in total. The molecule has 38 heavy (non-hydrogen) atoms. The Morgan fingerprint density at radius 2 is 1.97 bits per heavy atom. The maximum Gasteiger partial charge on any atom is 0.293 e. The van der Waals surface area contributed by atoms with Crippen molar-refractivity contribution >= 4 is 45.1 Å². The Kier molecular flexibility index (Phi) is 7.10. The predicted molar refractivity (Wildman–Crippen MR) is 153 cm³/mol. The molecule has 9 heteroatoms. The van der Waals surface area contributed by atoms with Crippen LogP contribution in [0.1, 0.15) is 0 Å². The summed E-state index contributed by atoms with van der Waals surface area (Å²) in [6, 6.07) is 14.9. The van der Waals surface area contributed by atoms with Crippen molar-refractivity contribution in [2.24, 2.45) is 5.92 Å². The molecule has 0 bridgehead atoms. The first-order valence-corrected chi connectivity index (χ1v) is 12.9. The zero-order valence-electron chi connectivity index (χ0n) is 21.4. The maximum absolute atomic E-state index is 13.5. The van der Waals surface area contributed by atoms with Gasteiger partial charge < -0.3 is 24.8 Å². The lowest BCUT2D eigenvalue weighted by atomic mass is 9.97. The number of anilines is 1. The van der Waals surface area contributed by atoms with Crippen LogP contribution in [0.15, 0.2) is 66.0 Å². The van der Waals surface area contributed by atoms with Gasteiger partial charge in [-0.25, -0.2) is 4.98 Å². The van der Waals surface area contributed by atoms with Crippen molar-refractivity contribution in [3.8, 4) is 16.9 Å². The largest absolute Gasteiger partial charge is 0.508 e. The number of hydrogen-bond donors (Lipinski definition) is 2. The fourth-order valence-electron chi connectivity index (χ4n) is 4.93. The minimum Gasteiger partial charge on any atom is -0.508 e. The first kappa shape index (κ1) is 25.8. The minimum atomic E-state index is -0.226. The number of benzene rings is 3. The molecule has 1 aliphatic heterocycles. The summed E-state index contributed by atoms with van der Waals surface area (Å²) in [5.41, 5.74) is 2.51. The molecule has 3 aromatic carbocycles. The monoisotopic (exact) mass is 531 g/mol. The van der Waals surface area contributed by atoms with Crippen molar-refractivity contribution in [2.45, 2.75) is 6.54 Å². The van der Waals surface area contributed by atoms with Crippen LogP contribution in [0.25, 0.3) is 32.9 Å². The van der Waals surface area contributed by atoms with Gasteiger partial charge in [-0.05, 0) is 60.8 Å². The summed E-state index contributed by atoms with van der Waals surface area (Å²) in [4.78, 5) is 33.9. The van der Waals surface area contributed by atoms with Gasteiger partial charge in [0.1, 0.15) is 5.75 Å². The Labute approximate surface area is 225 Å². The molecule has 1 aromatic heterocycles. The van der Waals surface area contributed by atoms with Crippen molar-refractivity contribution in [1.29, 1.82) is 0 Å². The van der Waals surface area contributed by atoms with Crippen LogP contribution in [0.5, 0.6) is 5.75 Å². The Balaban J connectivity index is 1.61. The third-order valence-corrected chi connectivity index (χ3v) is 7.22. The number of aromatic hydroxyl groups is 1. The zero-order chi connectivity index (χ0) is 27.0. The van der Waals surface area contributed by atoms with Crippen LogP contribution in [0.4, 0.5) is 5.82 Å². The van der Waals surface area contributed by atoms with E-state index in [0.717, 1.165) is 28.4 Å². The van der Waals surface area contributed by atoms with Gasteiger partial charge in [-0.3, -0.25) is 9.59 Å². The van der Waals surface area contributed by atoms with Gasteiger partial charge in [-0.2, -0.15) is 0 Å². The van der Waals surface area contributed by atoms with Crippen LogP contribution >= 0.6 is 11.6 Å². The van der Waals surface area contributed by atoms with E-state index in [4.69, 9.17) is 16.6 Å². The number of carbonyl (C=O) groups is 1. The van der Waals surface area contributed by atoms with Gasteiger partial charge in [0.25, 0.3) is 5.56 Å². The second-order valence-electron chi connectivity index (χ2n) is 9.95. The molecule has 0 saturated carbocycles. The predicted octanol–water partition coefficient (Wildman–Crippen LogP) is 4.19. The van der Waals surface area contributed by atoms with Crippen LogP contribution in [0.3, 0.4) is 0 Å². The number of phenols is 1. The van der Waals surface area contributed by atoms with Crippen LogP contribution < -0.4 is 10.9 Å². The number of amides is 1. The molecular formula is C29H30ClN5O3. The second-order valence-corrected chi connectivity index (χ2v) is 10.4. The lowest BCUT2D eigenvalue weighted by molar-refractivity contribution is -0.132. The molecule has 5 rings (SSSR count). The summed E-state index contributed by atoms with van der Waals surface area (Å²) in [7, 11) is 3.93. The number of halogens is 1. The molecule has 1 amide bonds. The summed E-state index contributed by atoms with van der Waals surface area (Å²) < 4.78 is 1.71. The summed E-state index contributed by atoms with van der Waals surface area (Å²) in [5, 5.41) is 15.9. The number of nitrogens with zero attached hydrogens (tertiary/aromatic N) is 4. The summed E-state index contributed by atoms with van der Waals surface area (Å²) in [6.45, 7) is 6.41. The third-order valence-electron chi connectivity index (χ3n) is 6.91. The lowest BCUT2D eigenvalue weighted by Gasteiger charge is -2.39. The van der Waals surface area contributed by atoms with E-state index in [1.807, 2.05) is 49.3 Å². The molecule has 1 fully saturated rings. The second kappa shape index (κ2) is 10.5. The summed E-state index contributed by atoms with van der Waals surface area (Å²) in [6.07, 6.45) is 1.31. The number of aromatic nitrogens is 2. The minimum absolute atomic E-state index is 0.106. The molecular weight excluding hydrogens is 502 g/mol.